The van der Waals surface area contributed by atoms with Crippen LogP contribution in [-0.2, 0) is 22.4 Å². The van der Waals surface area contributed by atoms with E-state index in [-0.39, 0.29) is 11.1 Å². The lowest BCUT2D eigenvalue weighted by molar-refractivity contribution is -0.119. The largest absolute Gasteiger partial charge is 0.452 e. The van der Waals surface area contributed by atoms with Gasteiger partial charge in [0.15, 0.2) is 6.61 Å². The molecule has 0 atom stereocenters. The molecule has 4 rings (SSSR count). The Labute approximate surface area is 203 Å². The Morgan fingerprint density at radius 1 is 0.914 bits per heavy atom. The first kappa shape index (κ1) is 23.9. The van der Waals surface area contributed by atoms with Crippen LogP contribution in [0.25, 0.3) is 16.6 Å². The number of ether oxygens (including phenoxy) is 1. The van der Waals surface area contributed by atoms with Gasteiger partial charge in [-0.05, 0) is 67.3 Å². The first-order valence-corrected chi connectivity index (χ1v) is 11.6. The van der Waals surface area contributed by atoms with Gasteiger partial charge < -0.3 is 10.1 Å². The van der Waals surface area contributed by atoms with Gasteiger partial charge in [0, 0.05) is 5.69 Å². The fourth-order valence-corrected chi connectivity index (χ4v) is 4.09. The number of benzene rings is 3. The second-order valence-electron chi connectivity index (χ2n) is 8.15. The van der Waals surface area contributed by atoms with E-state index in [1.807, 2.05) is 38.1 Å². The molecule has 1 amide bonds. The number of rotatable bonds is 7. The molecule has 1 N–H and O–H groups in total. The number of esters is 1. The Kier molecular flexibility index (Phi) is 7.06. The first-order valence-electron chi connectivity index (χ1n) is 11.6. The molecule has 3 aromatic carbocycles. The van der Waals surface area contributed by atoms with Crippen molar-refractivity contribution in [3.8, 4) is 5.69 Å². The summed E-state index contributed by atoms with van der Waals surface area (Å²) in [5.74, 6) is -0.471. The molecule has 0 spiro atoms. The zero-order chi connectivity index (χ0) is 24.9. The van der Waals surface area contributed by atoms with Crippen molar-refractivity contribution in [3.63, 3.8) is 0 Å². The number of carbonyl (C=O) groups is 2. The Bertz CT molecular complexity index is 1430. The lowest BCUT2D eigenvalue weighted by Gasteiger charge is -2.14. The maximum absolute atomic E-state index is 13.0. The van der Waals surface area contributed by atoms with Crippen LogP contribution in [0.15, 0.2) is 71.5 Å². The van der Waals surface area contributed by atoms with Crippen molar-refractivity contribution in [1.82, 2.24) is 9.55 Å². The van der Waals surface area contributed by atoms with Gasteiger partial charge in [0.2, 0.25) is 0 Å². The zero-order valence-electron chi connectivity index (χ0n) is 20.0. The number of nitrogens with one attached hydrogen (secondary N) is 1. The minimum absolute atomic E-state index is 0.182. The number of hydrogen-bond donors (Lipinski definition) is 1. The second kappa shape index (κ2) is 10.3. The highest BCUT2D eigenvalue weighted by Crippen LogP contribution is 2.22. The standard InChI is InChI=1S/C28H27N3O4/c1-4-19-9-8-10-20(5-2)26(19)30-25(32)17-35-28(34)21-13-15-22(16-14-21)31-18(3)29-24-12-7-6-11-23(24)27(31)33/h6-16H,4-5,17H2,1-3H3,(H,30,32). The molecule has 7 heteroatoms. The SMILES string of the molecule is CCc1cccc(CC)c1NC(=O)COC(=O)c1ccc(-n2c(C)nc3ccccc3c2=O)cc1. The Morgan fingerprint density at radius 2 is 1.57 bits per heavy atom. The van der Waals surface area contributed by atoms with E-state index in [9.17, 15) is 14.4 Å². The highest BCUT2D eigenvalue weighted by atomic mass is 16.5. The zero-order valence-corrected chi connectivity index (χ0v) is 20.0. The van der Waals surface area contributed by atoms with Crippen LogP contribution < -0.4 is 10.9 Å². The van der Waals surface area contributed by atoms with Gasteiger partial charge in [0.05, 0.1) is 22.2 Å². The molecule has 0 aliphatic heterocycles. The van der Waals surface area contributed by atoms with Gasteiger partial charge in [-0.3, -0.25) is 14.2 Å². The predicted molar refractivity (Wildman–Crippen MR) is 136 cm³/mol. The second-order valence-corrected chi connectivity index (χ2v) is 8.15. The van der Waals surface area contributed by atoms with E-state index in [1.165, 1.54) is 4.57 Å². The van der Waals surface area contributed by atoms with Crippen molar-refractivity contribution in [1.29, 1.82) is 0 Å². The van der Waals surface area contributed by atoms with Crippen LogP contribution in [0.4, 0.5) is 5.69 Å². The molecule has 4 aromatic rings. The molecule has 0 aliphatic rings. The van der Waals surface area contributed by atoms with Crippen LogP contribution in [-0.4, -0.2) is 28.0 Å². The number of fused-ring (bicyclic) bond motifs is 1. The summed E-state index contributed by atoms with van der Waals surface area (Å²) >= 11 is 0. The third-order valence-electron chi connectivity index (χ3n) is 5.90. The van der Waals surface area contributed by atoms with Crippen molar-refractivity contribution < 1.29 is 14.3 Å². The minimum Gasteiger partial charge on any atom is -0.452 e. The van der Waals surface area contributed by atoms with Crippen molar-refractivity contribution >= 4 is 28.5 Å². The molecule has 1 heterocycles. The maximum atomic E-state index is 13.0. The number of hydrogen-bond acceptors (Lipinski definition) is 5. The fourth-order valence-electron chi connectivity index (χ4n) is 4.09. The lowest BCUT2D eigenvalue weighted by atomic mass is 10.0. The summed E-state index contributed by atoms with van der Waals surface area (Å²) in [6.45, 7) is 5.42. The first-order chi connectivity index (χ1) is 16.9. The van der Waals surface area contributed by atoms with Crippen LogP contribution in [0, 0.1) is 6.92 Å². The number of amides is 1. The van der Waals surface area contributed by atoms with Crippen LogP contribution in [0.2, 0.25) is 0 Å². The van der Waals surface area contributed by atoms with Gasteiger partial charge in [-0.15, -0.1) is 0 Å². The summed E-state index contributed by atoms with van der Waals surface area (Å²) in [5.41, 5.74) is 4.18. The van der Waals surface area contributed by atoms with E-state index in [4.69, 9.17) is 4.74 Å². The topological polar surface area (TPSA) is 90.3 Å². The average Bonchev–Trinajstić information content (AvgIpc) is 2.87. The molecule has 0 radical (unpaired) electrons. The summed E-state index contributed by atoms with van der Waals surface area (Å²) in [4.78, 5) is 42.5. The molecule has 0 aliphatic carbocycles. The molecule has 0 unspecified atom stereocenters. The Balaban J connectivity index is 1.46. The number of aromatic nitrogens is 2. The summed E-state index contributed by atoms with van der Waals surface area (Å²) in [5, 5.41) is 3.40. The monoisotopic (exact) mass is 469 g/mol. The number of anilines is 1. The normalized spacial score (nSPS) is 10.8. The van der Waals surface area contributed by atoms with E-state index in [0.29, 0.717) is 22.4 Å². The van der Waals surface area contributed by atoms with Gasteiger partial charge in [0.1, 0.15) is 5.82 Å². The van der Waals surface area contributed by atoms with Crippen molar-refractivity contribution in [2.45, 2.75) is 33.6 Å². The van der Waals surface area contributed by atoms with E-state index in [2.05, 4.69) is 10.3 Å². The number of nitrogens with zero attached hydrogens (tertiary/aromatic N) is 2. The van der Waals surface area contributed by atoms with Crippen LogP contribution in [0.3, 0.4) is 0 Å². The van der Waals surface area contributed by atoms with Crippen molar-refractivity contribution in [2.75, 3.05) is 11.9 Å². The predicted octanol–water partition coefficient (Wildman–Crippen LogP) is 4.61. The summed E-state index contributed by atoms with van der Waals surface area (Å²) in [6, 6.07) is 19.5. The molecule has 0 saturated heterocycles. The average molecular weight is 470 g/mol. The highest BCUT2D eigenvalue weighted by molar-refractivity contribution is 5.96. The number of carbonyl (C=O) groups excluding carboxylic acids is 2. The van der Waals surface area contributed by atoms with Crippen molar-refractivity contribution in [2.24, 2.45) is 0 Å². The molecular formula is C28H27N3O4. The Hall–Kier alpha value is -4.26. The fraction of sp³-hybridized carbons (Fsp3) is 0.214. The molecule has 7 nitrogen and oxygen atoms in total. The van der Waals surface area contributed by atoms with Crippen LogP contribution >= 0.6 is 0 Å². The van der Waals surface area contributed by atoms with Gasteiger partial charge in [-0.1, -0.05) is 44.2 Å². The summed E-state index contributed by atoms with van der Waals surface area (Å²) < 4.78 is 6.73. The molecule has 0 bridgehead atoms. The summed E-state index contributed by atoms with van der Waals surface area (Å²) in [7, 11) is 0. The molecule has 0 saturated carbocycles. The maximum Gasteiger partial charge on any atom is 0.338 e. The lowest BCUT2D eigenvalue weighted by Crippen LogP contribution is -2.23. The highest BCUT2D eigenvalue weighted by Gasteiger charge is 2.15. The minimum atomic E-state index is -0.619. The molecule has 0 fully saturated rings. The van der Waals surface area contributed by atoms with E-state index in [1.54, 1.807) is 49.4 Å². The third-order valence-corrected chi connectivity index (χ3v) is 5.90. The smallest absolute Gasteiger partial charge is 0.338 e. The number of para-hydroxylation sites is 2. The van der Waals surface area contributed by atoms with Crippen LogP contribution in [0.1, 0.15) is 41.2 Å². The van der Waals surface area contributed by atoms with E-state index in [0.717, 1.165) is 29.7 Å². The van der Waals surface area contributed by atoms with Gasteiger partial charge in [-0.2, -0.15) is 0 Å². The molecule has 178 valence electrons. The van der Waals surface area contributed by atoms with Gasteiger partial charge in [0.25, 0.3) is 11.5 Å². The molecule has 35 heavy (non-hydrogen) atoms. The Morgan fingerprint density at radius 3 is 2.23 bits per heavy atom. The molecule has 1 aromatic heterocycles. The summed E-state index contributed by atoms with van der Waals surface area (Å²) in [6.07, 6.45) is 1.57. The van der Waals surface area contributed by atoms with Crippen molar-refractivity contribution in [3.05, 3.63) is 99.6 Å². The van der Waals surface area contributed by atoms with Crippen LogP contribution in [0.5, 0.6) is 0 Å². The quantitative estimate of drug-likeness (QED) is 0.399. The molecular weight excluding hydrogens is 442 g/mol. The van der Waals surface area contributed by atoms with Gasteiger partial charge >= 0.3 is 5.97 Å². The van der Waals surface area contributed by atoms with Gasteiger partial charge in [-0.25, -0.2) is 9.78 Å². The third kappa shape index (κ3) is 4.99. The van der Waals surface area contributed by atoms with E-state index < -0.39 is 18.5 Å². The van der Waals surface area contributed by atoms with E-state index >= 15 is 0 Å². The number of aryl methyl sites for hydroxylation is 3.